The fourth-order valence-electron chi connectivity index (χ4n) is 4.13. The third-order valence-corrected chi connectivity index (χ3v) is 5.68. The van der Waals surface area contributed by atoms with Crippen LogP contribution in [0.2, 0.25) is 0 Å². The number of fused-ring (bicyclic) bond motifs is 1. The minimum absolute atomic E-state index is 0.107. The summed E-state index contributed by atoms with van der Waals surface area (Å²) in [5.74, 6) is 1.51. The van der Waals surface area contributed by atoms with Gasteiger partial charge in [0.05, 0.1) is 29.4 Å². The van der Waals surface area contributed by atoms with Gasteiger partial charge in [-0.1, -0.05) is 6.42 Å². The van der Waals surface area contributed by atoms with Crippen LogP contribution in [0, 0.1) is 6.92 Å². The van der Waals surface area contributed by atoms with Crippen LogP contribution in [-0.4, -0.2) is 59.0 Å². The van der Waals surface area contributed by atoms with E-state index in [0.717, 1.165) is 13.0 Å². The molecule has 1 aliphatic heterocycles. The van der Waals surface area contributed by atoms with Gasteiger partial charge >= 0.3 is 0 Å². The molecule has 8 heteroatoms. The zero-order valence-corrected chi connectivity index (χ0v) is 18.4. The van der Waals surface area contributed by atoms with Crippen LogP contribution in [0.15, 0.2) is 41.5 Å². The number of alkyl halides is 1. The molecular formula is C24H29FN4O3. The van der Waals surface area contributed by atoms with Crippen LogP contribution in [-0.2, 0) is 0 Å². The average molecular weight is 441 g/mol. The second-order valence-corrected chi connectivity index (χ2v) is 7.96. The van der Waals surface area contributed by atoms with E-state index in [9.17, 15) is 9.18 Å². The number of ether oxygens (including phenoxy) is 2. The maximum Gasteiger partial charge on any atom is 0.266 e. The van der Waals surface area contributed by atoms with Gasteiger partial charge in [-0.25, -0.2) is 9.37 Å². The van der Waals surface area contributed by atoms with Gasteiger partial charge in [0.15, 0.2) is 0 Å². The van der Waals surface area contributed by atoms with E-state index in [1.165, 1.54) is 36.9 Å². The maximum atomic E-state index is 13.2. The quantitative estimate of drug-likeness (QED) is 0.473. The summed E-state index contributed by atoms with van der Waals surface area (Å²) >= 11 is 0. The maximum absolute atomic E-state index is 13.2. The average Bonchev–Trinajstić information content (AvgIpc) is 2.82. The number of rotatable bonds is 9. The largest absolute Gasteiger partial charge is 0.493 e. The molecule has 0 atom stereocenters. The van der Waals surface area contributed by atoms with E-state index in [0.29, 0.717) is 40.5 Å². The number of piperidine rings is 1. The second kappa shape index (κ2) is 10.5. The highest BCUT2D eigenvalue weighted by molar-refractivity contribution is 5.76. The van der Waals surface area contributed by atoms with Gasteiger partial charge in [-0.15, -0.1) is 0 Å². The van der Waals surface area contributed by atoms with Gasteiger partial charge in [-0.05, 0) is 57.5 Å². The number of pyridine rings is 1. The summed E-state index contributed by atoms with van der Waals surface area (Å²) in [6.45, 7) is 4.95. The molecule has 0 saturated carbocycles. The Labute approximate surface area is 186 Å². The predicted molar refractivity (Wildman–Crippen MR) is 122 cm³/mol. The molecule has 2 aromatic heterocycles. The molecule has 3 aromatic rings. The Hall–Kier alpha value is -3.00. The predicted octanol–water partition coefficient (Wildman–Crippen LogP) is 3.69. The van der Waals surface area contributed by atoms with E-state index in [4.69, 9.17) is 9.47 Å². The Bertz CT molecular complexity index is 1110. The SMILES string of the molecule is Cc1nc2cnccc2c(=O)n1-c1ccc(OCCCN2CCCCC2)cc1OCCF. The van der Waals surface area contributed by atoms with Crippen LogP contribution < -0.4 is 15.0 Å². The van der Waals surface area contributed by atoms with Crippen molar-refractivity contribution >= 4 is 10.9 Å². The molecule has 3 heterocycles. The summed E-state index contributed by atoms with van der Waals surface area (Å²) in [7, 11) is 0. The molecule has 1 saturated heterocycles. The van der Waals surface area contributed by atoms with E-state index in [-0.39, 0.29) is 12.2 Å². The molecule has 0 amide bonds. The van der Waals surface area contributed by atoms with Crippen molar-refractivity contribution in [2.24, 2.45) is 0 Å². The summed E-state index contributed by atoms with van der Waals surface area (Å²) in [5.41, 5.74) is 0.814. The van der Waals surface area contributed by atoms with Crippen LogP contribution in [0.25, 0.3) is 16.6 Å². The molecule has 0 N–H and O–H groups in total. The number of aryl methyl sites for hydroxylation is 1. The Morgan fingerprint density at radius 1 is 1.09 bits per heavy atom. The molecule has 0 spiro atoms. The lowest BCUT2D eigenvalue weighted by Crippen LogP contribution is -2.31. The molecule has 1 aliphatic rings. The first-order valence-corrected chi connectivity index (χ1v) is 11.2. The van der Waals surface area contributed by atoms with Crippen molar-refractivity contribution in [1.29, 1.82) is 0 Å². The van der Waals surface area contributed by atoms with Gasteiger partial charge in [0.2, 0.25) is 0 Å². The summed E-state index contributed by atoms with van der Waals surface area (Å²) in [6, 6.07) is 6.93. The van der Waals surface area contributed by atoms with Crippen molar-refractivity contribution < 1.29 is 13.9 Å². The van der Waals surface area contributed by atoms with Crippen molar-refractivity contribution in [2.45, 2.75) is 32.6 Å². The van der Waals surface area contributed by atoms with Gasteiger partial charge in [0.25, 0.3) is 5.56 Å². The van der Waals surface area contributed by atoms with E-state index in [1.54, 1.807) is 43.6 Å². The van der Waals surface area contributed by atoms with Gasteiger partial charge in [0, 0.05) is 18.8 Å². The Morgan fingerprint density at radius 2 is 1.94 bits per heavy atom. The fraction of sp³-hybridized carbons (Fsp3) is 0.458. The number of nitrogens with zero attached hydrogens (tertiary/aromatic N) is 4. The zero-order chi connectivity index (χ0) is 22.3. The number of hydrogen-bond acceptors (Lipinski definition) is 6. The second-order valence-electron chi connectivity index (χ2n) is 7.96. The van der Waals surface area contributed by atoms with Gasteiger partial charge in [-0.3, -0.25) is 14.3 Å². The number of halogens is 1. The number of benzene rings is 1. The van der Waals surface area contributed by atoms with Gasteiger partial charge in [0.1, 0.15) is 30.6 Å². The molecule has 4 rings (SSSR count). The lowest BCUT2D eigenvalue weighted by Gasteiger charge is -2.26. The molecule has 0 radical (unpaired) electrons. The lowest BCUT2D eigenvalue weighted by atomic mass is 10.1. The first kappa shape index (κ1) is 22.2. The van der Waals surface area contributed by atoms with Crippen molar-refractivity contribution in [1.82, 2.24) is 19.4 Å². The monoisotopic (exact) mass is 440 g/mol. The van der Waals surface area contributed by atoms with Crippen molar-refractivity contribution in [3.8, 4) is 17.2 Å². The molecule has 1 aromatic carbocycles. The topological polar surface area (TPSA) is 69.5 Å². The summed E-state index contributed by atoms with van der Waals surface area (Å²) in [5, 5.41) is 0.458. The highest BCUT2D eigenvalue weighted by Gasteiger charge is 2.16. The Kier molecular flexibility index (Phi) is 7.32. The standard InChI is InChI=1S/C24H29FN4O3/c1-18-27-21-17-26-10-8-20(21)24(30)29(18)22-7-6-19(16-23(22)32-15-9-25)31-14-5-13-28-11-3-2-4-12-28/h6-8,10,16-17H,2-5,9,11-15H2,1H3. The van der Waals surface area contributed by atoms with Crippen molar-refractivity contribution in [2.75, 3.05) is 39.5 Å². The van der Waals surface area contributed by atoms with E-state index in [1.807, 2.05) is 0 Å². The highest BCUT2D eigenvalue weighted by atomic mass is 19.1. The van der Waals surface area contributed by atoms with Crippen LogP contribution in [0.4, 0.5) is 4.39 Å². The molecule has 0 aliphatic carbocycles. The summed E-state index contributed by atoms with van der Waals surface area (Å²) in [4.78, 5) is 24.2. The van der Waals surface area contributed by atoms with Crippen molar-refractivity contribution in [3.05, 3.63) is 52.8 Å². The first-order valence-electron chi connectivity index (χ1n) is 11.2. The summed E-state index contributed by atoms with van der Waals surface area (Å²) < 4.78 is 25.9. The molecule has 170 valence electrons. The van der Waals surface area contributed by atoms with Crippen LogP contribution in [0.3, 0.4) is 0 Å². The van der Waals surface area contributed by atoms with Crippen LogP contribution >= 0.6 is 0 Å². The normalized spacial score (nSPS) is 14.6. The van der Waals surface area contributed by atoms with Crippen molar-refractivity contribution in [3.63, 3.8) is 0 Å². The first-order chi connectivity index (χ1) is 15.7. The van der Waals surface area contributed by atoms with E-state index >= 15 is 0 Å². The molecule has 7 nitrogen and oxygen atoms in total. The fourth-order valence-corrected chi connectivity index (χ4v) is 4.13. The van der Waals surface area contributed by atoms with E-state index < -0.39 is 6.67 Å². The molecule has 0 unspecified atom stereocenters. The van der Waals surface area contributed by atoms with Crippen LogP contribution in [0.1, 0.15) is 31.5 Å². The van der Waals surface area contributed by atoms with Gasteiger partial charge in [-0.2, -0.15) is 0 Å². The highest BCUT2D eigenvalue weighted by Crippen LogP contribution is 2.29. The minimum atomic E-state index is -0.629. The molecule has 0 bridgehead atoms. The van der Waals surface area contributed by atoms with E-state index in [2.05, 4.69) is 14.9 Å². The minimum Gasteiger partial charge on any atom is -0.493 e. The lowest BCUT2D eigenvalue weighted by molar-refractivity contribution is 0.204. The van der Waals surface area contributed by atoms with Crippen LogP contribution in [0.5, 0.6) is 11.5 Å². The molecule has 32 heavy (non-hydrogen) atoms. The smallest absolute Gasteiger partial charge is 0.266 e. The number of likely N-dealkylation sites (tertiary alicyclic amines) is 1. The number of hydrogen-bond donors (Lipinski definition) is 0. The Morgan fingerprint density at radius 3 is 2.75 bits per heavy atom. The number of aromatic nitrogens is 3. The van der Waals surface area contributed by atoms with Gasteiger partial charge < -0.3 is 14.4 Å². The third-order valence-electron chi connectivity index (χ3n) is 5.68. The Balaban J connectivity index is 1.55. The summed E-state index contributed by atoms with van der Waals surface area (Å²) in [6.07, 6.45) is 7.94. The molecular weight excluding hydrogens is 411 g/mol. The third kappa shape index (κ3) is 5.07. The molecule has 1 fully saturated rings. The zero-order valence-electron chi connectivity index (χ0n) is 18.4.